The van der Waals surface area contributed by atoms with Crippen molar-refractivity contribution in [2.45, 2.75) is 32.0 Å². The highest BCUT2D eigenvalue weighted by Crippen LogP contribution is 2.31. The number of halogens is 3. The molecular weight excluding hydrogens is 221 g/mol. The molecule has 0 aromatic rings. The maximum absolute atomic E-state index is 12.3. The Balaban J connectivity index is 2.59. The van der Waals surface area contributed by atoms with E-state index in [0.717, 1.165) is 4.90 Å². The minimum atomic E-state index is -4.31. The quantitative estimate of drug-likeness (QED) is 0.785. The second-order valence-corrected chi connectivity index (χ2v) is 4.27. The zero-order chi connectivity index (χ0) is 12.3. The first-order valence-electron chi connectivity index (χ1n) is 5.37. The zero-order valence-corrected chi connectivity index (χ0v) is 9.47. The Kier molecular flexibility index (Phi) is 4.18. The van der Waals surface area contributed by atoms with E-state index in [1.807, 2.05) is 0 Å². The number of rotatable bonds is 5. The molecule has 94 valence electrons. The summed E-state index contributed by atoms with van der Waals surface area (Å²) >= 11 is 0. The molecule has 1 atom stereocenters. The molecule has 16 heavy (non-hydrogen) atoms. The average molecular weight is 238 g/mol. The normalized spacial score (nSPS) is 18.3. The van der Waals surface area contributed by atoms with Gasteiger partial charge < -0.3 is 10.2 Å². The van der Waals surface area contributed by atoms with Crippen LogP contribution in [0, 0.1) is 5.92 Å². The van der Waals surface area contributed by atoms with Gasteiger partial charge in [-0.1, -0.05) is 6.92 Å². The summed E-state index contributed by atoms with van der Waals surface area (Å²) in [5.74, 6) is -0.817. The van der Waals surface area contributed by atoms with Crippen LogP contribution in [-0.4, -0.2) is 43.2 Å². The molecule has 0 aliphatic heterocycles. The first-order chi connectivity index (χ1) is 7.35. The number of nitrogens with one attached hydrogen (secondary N) is 1. The minimum absolute atomic E-state index is 0.201. The smallest absolute Gasteiger partial charge is 0.330 e. The molecule has 1 N–H and O–H groups in total. The number of alkyl halides is 3. The Morgan fingerprint density at radius 1 is 1.50 bits per heavy atom. The molecule has 6 heteroatoms. The lowest BCUT2D eigenvalue weighted by atomic mass is 10.1. The lowest BCUT2D eigenvalue weighted by molar-refractivity contribution is -0.164. The van der Waals surface area contributed by atoms with Gasteiger partial charge in [0.1, 0.15) is 6.54 Å². The molecule has 0 spiro atoms. The monoisotopic (exact) mass is 238 g/mol. The Bertz CT molecular complexity index is 251. The number of carbonyl (C=O) groups is 1. The van der Waals surface area contributed by atoms with Crippen LogP contribution in [0.15, 0.2) is 0 Å². The maximum atomic E-state index is 12.3. The molecule has 1 amide bonds. The van der Waals surface area contributed by atoms with E-state index < -0.39 is 24.5 Å². The second kappa shape index (κ2) is 5.03. The molecule has 1 fully saturated rings. The van der Waals surface area contributed by atoms with Crippen LogP contribution in [-0.2, 0) is 4.79 Å². The van der Waals surface area contributed by atoms with Gasteiger partial charge in [0.2, 0.25) is 5.91 Å². The number of hydrogen-bond donors (Lipinski definition) is 1. The van der Waals surface area contributed by atoms with E-state index in [1.54, 1.807) is 14.0 Å². The largest absolute Gasteiger partial charge is 0.406 e. The first kappa shape index (κ1) is 13.3. The summed E-state index contributed by atoms with van der Waals surface area (Å²) in [5.41, 5.74) is 0. The van der Waals surface area contributed by atoms with E-state index in [1.165, 1.54) is 0 Å². The molecule has 0 radical (unpaired) electrons. The van der Waals surface area contributed by atoms with Crippen LogP contribution in [0.2, 0.25) is 0 Å². The summed E-state index contributed by atoms with van der Waals surface area (Å²) in [6, 6.07) is -0.201. The van der Waals surface area contributed by atoms with E-state index in [2.05, 4.69) is 5.32 Å². The van der Waals surface area contributed by atoms with E-state index in [9.17, 15) is 18.0 Å². The lowest BCUT2D eigenvalue weighted by Crippen LogP contribution is -2.44. The van der Waals surface area contributed by atoms with Crippen LogP contribution in [0.3, 0.4) is 0 Å². The van der Waals surface area contributed by atoms with Gasteiger partial charge >= 0.3 is 6.18 Å². The van der Waals surface area contributed by atoms with Crippen LogP contribution in [0.5, 0.6) is 0 Å². The van der Waals surface area contributed by atoms with Crippen molar-refractivity contribution < 1.29 is 18.0 Å². The topological polar surface area (TPSA) is 32.3 Å². The molecule has 0 aromatic heterocycles. The lowest BCUT2D eigenvalue weighted by Gasteiger charge is -2.26. The average Bonchev–Trinajstić information content (AvgIpc) is 2.95. The van der Waals surface area contributed by atoms with Gasteiger partial charge in [0.15, 0.2) is 0 Å². The van der Waals surface area contributed by atoms with E-state index in [4.69, 9.17) is 0 Å². The number of amides is 1. The fourth-order valence-electron chi connectivity index (χ4n) is 1.64. The fraction of sp³-hybridized carbons (Fsp3) is 0.900. The third-order valence-electron chi connectivity index (χ3n) is 2.55. The van der Waals surface area contributed by atoms with Gasteiger partial charge in [0.25, 0.3) is 0 Å². The molecule has 0 bridgehead atoms. The van der Waals surface area contributed by atoms with Crippen LogP contribution < -0.4 is 5.32 Å². The first-order valence-corrected chi connectivity index (χ1v) is 5.37. The standard InChI is InChI=1S/C10H17F3N2O/c1-7(5-14-2)9(16)15(8-3-4-8)6-10(11,12)13/h7-8,14H,3-6H2,1-2H3. The number of nitrogens with zero attached hydrogens (tertiary/aromatic N) is 1. The van der Waals surface area contributed by atoms with Gasteiger partial charge in [-0.15, -0.1) is 0 Å². The number of carbonyl (C=O) groups excluding carboxylic acids is 1. The van der Waals surface area contributed by atoms with Crippen molar-refractivity contribution in [1.82, 2.24) is 10.2 Å². The van der Waals surface area contributed by atoms with Crippen molar-refractivity contribution >= 4 is 5.91 Å². The minimum Gasteiger partial charge on any atom is -0.330 e. The summed E-state index contributed by atoms with van der Waals surface area (Å²) in [6.07, 6.45) is -2.93. The molecule has 1 rings (SSSR count). The summed E-state index contributed by atoms with van der Waals surface area (Å²) in [4.78, 5) is 12.8. The van der Waals surface area contributed by atoms with E-state index in [-0.39, 0.29) is 6.04 Å². The SMILES string of the molecule is CNCC(C)C(=O)N(CC(F)(F)F)C1CC1. The maximum Gasteiger partial charge on any atom is 0.406 e. The highest BCUT2D eigenvalue weighted by molar-refractivity contribution is 5.79. The molecule has 0 aromatic carbocycles. The highest BCUT2D eigenvalue weighted by atomic mass is 19.4. The van der Waals surface area contributed by atoms with Crippen molar-refractivity contribution in [3.05, 3.63) is 0 Å². The van der Waals surface area contributed by atoms with Crippen LogP contribution >= 0.6 is 0 Å². The zero-order valence-electron chi connectivity index (χ0n) is 9.47. The molecule has 0 heterocycles. The highest BCUT2D eigenvalue weighted by Gasteiger charge is 2.41. The predicted octanol–water partition coefficient (Wildman–Crippen LogP) is 1.40. The third-order valence-corrected chi connectivity index (χ3v) is 2.55. The van der Waals surface area contributed by atoms with Gasteiger partial charge in [0.05, 0.1) is 0 Å². The number of hydrogen-bond acceptors (Lipinski definition) is 2. The summed E-state index contributed by atoms with van der Waals surface area (Å²) in [5, 5.41) is 2.80. The van der Waals surface area contributed by atoms with Gasteiger partial charge in [-0.25, -0.2) is 0 Å². The van der Waals surface area contributed by atoms with Gasteiger partial charge in [-0.3, -0.25) is 4.79 Å². The molecule has 0 saturated heterocycles. The molecule has 1 saturated carbocycles. The Morgan fingerprint density at radius 3 is 2.44 bits per heavy atom. The van der Waals surface area contributed by atoms with Crippen molar-refractivity contribution in [3.63, 3.8) is 0 Å². The van der Waals surface area contributed by atoms with Crippen molar-refractivity contribution in [2.75, 3.05) is 20.1 Å². The Labute approximate surface area is 93.0 Å². The second-order valence-electron chi connectivity index (χ2n) is 4.27. The van der Waals surface area contributed by atoms with Gasteiger partial charge in [-0.05, 0) is 19.9 Å². The molecule has 1 aliphatic rings. The summed E-state index contributed by atoms with van der Waals surface area (Å²) < 4.78 is 36.9. The van der Waals surface area contributed by atoms with Crippen LogP contribution in [0.25, 0.3) is 0 Å². The van der Waals surface area contributed by atoms with E-state index in [0.29, 0.717) is 19.4 Å². The summed E-state index contributed by atoms with van der Waals surface area (Å²) in [7, 11) is 1.68. The predicted molar refractivity (Wildman–Crippen MR) is 53.9 cm³/mol. The Hall–Kier alpha value is -0.780. The fourth-order valence-corrected chi connectivity index (χ4v) is 1.64. The van der Waals surface area contributed by atoms with E-state index >= 15 is 0 Å². The van der Waals surface area contributed by atoms with Crippen LogP contribution in [0.1, 0.15) is 19.8 Å². The molecule has 3 nitrogen and oxygen atoms in total. The van der Waals surface area contributed by atoms with Crippen molar-refractivity contribution in [1.29, 1.82) is 0 Å². The van der Waals surface area contributed by atoms with Crippen LogP contribution in [0.4, 0.5) is 13.2 Å². The molecule has 1 unspecified atom stereocenters. The Morgan fingerprint density at radius 2 is 2.06 bits per heavy atom. The third kappa shape index (κ3) is 4.00. The van der Waals surface area contributed by atoms with Crippen molar-refractivity contribution in [2.24, 2.45) is 5.92 Å². The van der Waals surface area contributed by atoms with Gasteiger partial charge in [0, 0.05) is 18.5 Å². The van der Waals surface area contributed by atoms with Crippen molar-refractivity contribution in [3.8, 4) is 0 Å². The summed E-state index contributed by atoms with van der Waals surface area (Å²) in [6.45, 7) is 0.926. The van der Waals surface area contributed by atoms with Gasteiger partial charge in [-0.2, -0.15) is 13.2 Å². The molecular formula is C10H17F3N2O. The molecule has 1 aliphatic carbocycles.